The van der Waals surface area contributed by atoms with Crippen molar-refractivity contribution in [1.82, 2.24) is 14.5 Å². The van der Waals surface area contributed by atoms with Crippen molar-refractivity contribution in [3.05, 3.63) is 56.6 Å². The second kappa shape index (κ2) is 16.9. The lowest BCUT2D eigenvalue weighted by atomic mass is 9.99. The van der Waals surface area contributed by atoms with E-state index < -0.39 is 42.7 Å². The number of hydrogen-bond donors (Lipinski definition) is 3. The third kappa shape index (κ3) is 8.76. The Hall–Kier alpha value is -3.21. The molecule has 2 aromatic rings. The summed E-state index contributed by atoms with van der Waals surface area (Å²) in [6, 6.07) is 3.95. The first-order chi connectivity index (χ1) is 25.7. The first-order valence-electron chi connectivity index (χ1n) is 18.9. The van der Waals surface area contributed by atoms with E-state index in [9.17, 15) is 26.4 Å². The van der Waals surface area contributed by atoms with Gasteiger partial charge in [0, 0.05) is 46.1 Å². The molecule has 4 unspecified atom stereocenters. The third-order valence-electron chi connectivity index (χ3n) is 11.8. The second-order valence-corrected chi connectivity index (χ2v) is 19.1. The van der Waals surface area contributed by atoms with Gasteiger partial charge in [0.15, 0.2) is 0 Å². The van der Waals surface area contributed by atoms with E-state index in [4.69, 9.17) is 14.6 Å². The van der Waals surface area contributed by atoms with Gasteiger partial charge in [0.2, 0.25) is 26.1 Å². The lowest BCUT2D eigenvalue weighted by Crippen LogP contribution is -2.46. The van der Waals surface area contributed by atoms with E-state index in [1.54, 1.807) is 6.08 Å². The smallest absolute Gasteiger partial charge is 0.332 e. The number of hydrogen-bond acceptors (Lipinski definition) is 11. The zero-order chi connectivity index (χ0) is 38.8. The number of amides is 2. The Morgan fingerprint density at radius 2 is 1.15 bits per heavy atom. The fourth-order valence-corrected chi connectivity index (χ4v) is 11.8. The second-order valence-electron chi connectivity index (χ2n) is 15.4. The summed E-state index contributed by atoms with van der Waals surface area (Å²) in [4.78, 5) is 30.8. The maximum Gasteiger partial charge on any atom is 0.332 e. The molecule has 54 heavy (non-hydrogen) atoms. The number of carbonyl (C=O) groups is 1. The van der Waals surface area contributed by atoms with Crippen LogP contribution in [0.15, 0.2) is 17.1 Å². The summed E-state index contributed by atoms with van der Waals surface area (Å²) < 4.78 is 60.1. The lowest BCUT2D eigenvalue weighted by molar-refractivity contribution is 0.112. The number of fused-ring (bicyclic) bond motifs is 4. The molecule has 4 aliphatic carbocycles. The van der Waals surface area contributed by atoms with Crippen LogP contribution >= 0.6 is 0 Å². The van der Waals surface area contributed by atoms with Gasteiger partial charge in [-0.1, -0.05) is 12.1 Å². The van der Waals surface area contributed by atoms with E-state index in [1.807, 2.05) is 23.9 Å². The molecule has 2 aromatic carbocycles. The lowest BCUT2D eigenvalue weighted by Gasteiger charge is -2.20. The Bertz CT molecular complexity index is 1950. The molecule has 16 heteroatoms. The Morgan fingerprint density at radius 3 is 1.57 bits per heavy atom. The number of carbonyl (C=O) groups excluding carboxylic acids is 2. The minimum atomic E-state index is -3.83. The van der Waals surface area contributed by atoms with Crippen LogP contribution in [0.3, 0.4) is 0 Å². The van der Waals surface area contributed by atoms with E-state index >= 15 is 0 Å². The predicted molar refractivity (Wildman–Crippen MR) is 207 cm³/mol. The van der Waals surface area contributed by atoms with Crippen LogP contribution in [0.1, 0.15) is 70.2 Å². The van der Waals surface area contributed by atoms with E-state index in [0.717, 1.165) is 75.6 Å². The summed E-state index contributed by atoms with van der Waals surface area (Å²) in [5, 5.41) is 6.58. The normalized spacial score (nSPS) is 24.3. The molecule has 4 N–H and O–H groups in total. The summed E-state index contributed by atoms with van der Waals surface area (Å²) in [6.07, 6.45) is 14.0. The Labute approximate surface area is 319 Å². The van der Waals surface area contributed by atoms with Gasteiger partial charge in [-0.15, -0.1) is 0 Å². The highest BCUT2D eigenvalue weighted by atomic mass is 32.2. The molecule has 2 fully saturated rings. The van der Waals surface area contributed by atoms with E-state index in [2.05, 4.69) is 27.2 Å². The molecule has 2 heterocycles. The van der Waals surface area contributed by atoms with Crippen molar-refractivity contribution in [3.63, 3.8) is 0 Å². The van der Waals surface area contributed by atoms with Crippen LogP contribution < -0.4 is 15.2 Å². The van der Waals surface area contributed by atoms with Gasteiger partial charge < -0.3 is 24.6 Å². The number of primary sulfonamides is 1. The predicted octanol–water partition coefficient (Wildman–Crippen LogP) is 2.68. The number of likely N-dealkylation sites (tertiary alicyclic amines) is 2. The number of isocyanates is 1. The number of sulfonamides is 2. The number of nitrogens with one attached hydrogen (secondary N) is 2. The Balaban J connectivity index is 0.000000154. The number of urea groups is 1. The van der Waals surface area contributed by atoms with Crippen molar-refractivity contribution in [2.75, 3.05) is 59.8 Å². The first-order valence-corrected chi connectivity index (χ1v) is 22.1. The number of benzene rings is 2. The molecule has 0 radical (unpaired) electrons. The number of nitrogens with zero attached hydrogens (tertiary/aromatic N) is 3. The SMILES string of the molecule is COC1CN(C)CC1S(=O)(=O)NC(=O)Nc1c2c(cc3c1CCC3)CCC2.COC1CN(C)CC1S(N)(=O)=O.O=C=Nc1c2c(cc3c1CCC3)CCC2. The molecule has 6 aliphatic rings. The van der Waals surface area contributed by atoms with Crippen LogP contribution in [-0.2, 0) is 85.7 Å². The van der Waals surface area contributed by atoms with Gasteiger partial charge in [-0.05, 0) is 136 Å². The third-order valence-corrected chi connectivity index (χ3v) is 14.8. The van der Waals surface area contributed by atoms with Crippen LogP contribution in [0.5, 0.6) is 0 Å². The fraction of sp³-hybridized carbons (Fsp3) is 0.632. The van der Waals surface area contributed by atoms with Crippen molar-refractivity contribution in [3.8, 4) is 0 Å². The Kier molecular flexibility index (Phi) is 12.6. The van der Waals surface area contributed by atoms with Crippen molar-refractivity contribution in [2.45, 2.75) is 99.8 Å². The number of ether oxygens (including phenoxy) is 2. The summed E-state index contributed by atoms with van der Waals surface area (Å²) in [5.74, 6) is 0. The van der Waals surface area contributed by atoms with Crippen LogP contribution in [0.25, 0.3) is 0 Å². The van der Waals surface area contributed by atoms with E-state index in [-0.39, 0.29) is 6.10 Å². The topological polar surface area (TPSA) is 190 Å². The molecular weight excluding hydrogens is 733 g/mol. The van der Waals surface area contributed by atoms with Crippen LogP contribution in [0.4, 0.5) is 16.2 Å². The summed E-state index contributed by atoms with van der Waals surface area (Å²) >= 11 is 0. The first kappa shape index (κ1) is 40.5. The molecule has 8 rings (SSSR count). The number of rotatable bonds is 7. The van der Waals surface area contributed by atoms with E-state index in [0.29, 0.717) is 26.2 Å². The Morgan fingerprint density at radius 1 is 0.722 bits per heavy atom. The number of aryl methyl sites for hydroxylation is 4. The fourth-order valence-electron chi connectivity index (χ4n) is 9.19. The maximum absolute atomic E-state index is 12.7. The van der Waals surface area contributed by atoms with Crippen molar-refractivity contribution < 1.29 is 35.9 Å². The van der Waals surface area contributed by atoms with Crippen molar-refractivity contribution in [1.29, 1.82) is 0 Å². The molecule has 14 nitrogen and oxygen atoms in total. The average molecular weight is 787 g/mol. The maximum atomic E-state index is 12.7. The summed E-state index contributed by atoms with van der Waals surface area (Å²) in [7, 11) is -0.599. The van der Waals surface area contributed by atoms with Gasteiger partial charge >= 0.3 is 6.03 Å². The molecule has 0 spiro atoms. The molecule has 2 amide bonds. The molecule has 0 saturated carbocycles. The van der Waals surface area contributed by atoms with Gasteiger partial charge in [0.05, 0.1) is 17.9 Å². The van der Waals surface area contributed by atoms with Crippen LogP contribution in [-0.4, -0.2) is 116 Å². The average Bonchev–Trinajstić information content (AvgIpc) is 3.96. The van der Waals surface area contributed by atoms with Gasteiger partial charge in [0.1, 0.15) is 10.5 Å². The quantitative estimate of drug-likeness (QED) is 0.278. The standard InChI is InChI=1S/C19H27N3O4S.C13H13NO.C6H14N2O3S/c1-22-10-16(26-2)17(11-22)27(24,25)21-19(23)20-18-14-7-3-5-12(14)9-13-6-4-8-15(13)18;15-8-14-13-11-5-1-3-9(11)7-10-4-2-6-12(10)13;1-8-3-5(11-2)6(4-8)12(7,9)10/h9,16-17H,3-8,10-11H2,1-2H3,(H2,20,21,23);7H,1-6H2;5-6H,3-4H2,1-2H3,(H2,7,9,10). The number of aliphatic imine (C=N–C) groups is 1. The van der Waals surface area contributed by atoms with Crippen molar-refractivity contribution >= 4 is 43.5 Å². The van der Waals surface area contributed by atoms with Crippen molar-refractivity contribution in [2.24, 2.45) is 10.1 Å². The van der Waals surface area contributed by atoms with Gasteiger partial charge in [0.25, 0.3) is 0 Å². The summed E-state index contributed by atoms with van der Waals surface area (Å²) in [6.45, 7) is 1.95. The van der Waals surface area contributed by atoms with Gasteiger partial charge in [-0.2, -0.15) is 4.99 Å². The number of likely N-dealkylation sites (N-methyl/N-ethyl adjacent to an activating group) is 2. The van der Waals surface area contributed by atoms with Gasteiger partial charge in [-0.3, -0.25) is 0 Å². The number of nitrogens with two attached hydrogens (primary N) is 1. The summed E-state index contributed by atoms with van der Waals surface area (Å²) in [5.41, 5.74) is 12.2. The molecule has 296 valence electrons. The number of anilines is 1. The highest BCUT2D eigenvalue weighted by molar-refractivity contribution is 7.90. The molecule has 4 atom stereocenters. The minimum absolute atomic E-state index is 0.287. The largest absolute Gasteiger partial charge is 0.379 e. The zero-order valence-electron chi connectivity index (χ0n) is 31.8. The highest BCUT2D eigenvalue weighted by Gasteiger charge is 2.42. The minimum Gasteiger partial charge on any atom is -0.379 e. The number of methoxy groups -OCH3 is 2. The molecule has 2 aliphatic heterocycles. The highest BCUT2D eigenvalue weighted by Crippen LogP contribution is 2.40. The zero-order valence-corrected chi connectivity index (χ0v) is 33.4. The molecule has 2 saturated heterocycles. The monoisotopic (exact) mass is 786 g/mol. The molecule has 0 aromatic heterocycles. The molecule has 0 bridgehead atoms. The van der Waals surface area contributed by atoms with E-state index in [1.165, 1.54) is 71.6 Å². The molecular formula is C38H54N6O8S2. The van der Waals surface area contributed by atoms with Crippen LogP contribution in [0, 0.1) is 0 Å². The van der Waals surface area contributed by atoms with Gasteiger partial charge in [-0.25, -0.2) is 36.3 Å². The van der Waals surface area contributed by atoms with Crippen LogP contribution in [0.2, 0.25) is 0 Å².